The average molecular weight is 355 g/mol. The van der Waals surface area contributed by atoms with Gasteiger partial charge in [0.15, 0.2) is 0 Å². The van der Waals surface area contributed by atoms with Crippen LogP contribution in [-0.4, -0.2) is 24.7 Å². The topological polar surface area (TPSA) is 58.6 Å². The maximum absolute atomic E-state index is 12.0. The third kappa shape index (κ3) is 4.38. The molecule has 0 saturated heterocycles. The number of nitrogens with one attached hydrogen (secondary N) is 1. The Bertz CT molecular complexity index is 842. The second-order valence-electron chi connectivity index (χ2n) is 5.86. The maximum Gasteiger partial charge on any atom is 0.220 e. The van der Waals surface area contributed by atoms with Gasteiger partial charge in [-0.15, -0.1) is 11.3 Å². The first-order valence-corrected chi connectivity index (χ1v) is 9.09. The smallest absolute Gasteiger partial charge is 0.220 e. The zero-order valence-electron chi connectivity index (χ0n) is 14.1. The second kappa shape index (κ2) is 8.14. The molecule has 5 heteroatoms. The summed E-state index contributed by atoms with van der Waals surface area (Å²) >= 11 is 1.60. The number of aliphatic hydroxyl groups excluding tert-OH is 1. The Kier molecular flexibility index (Phi) is 5.68. The summed E-state index contributed by atoms with van der Waals surface area (Å²) in [6.45, 7) is 0.224. The third-order valence-corrected chi connectivity index (χ3v) is 5.14. The number of carbonyl (C=O) groups excluding carboxylic acids is 1. The Morgan fingerprint density at radius 1 is 1.20 bits per heavy atom. The van der Waals surface area contributed by atoms with Gasteiger partial charge in [-0.05, 0) is 40.9 Å². The van der Waals surface area contributed by atoms with Crippen molar-refractivity contribution in [3.05, 3.63) is 65.0 Å². The van der Waals surface area contributed by atoms with Gasteiger partial charge in [0.2, 0.25) is 5.91 Å². The number of hydrogen-bond donors (Lipinski definition) is 2. The Morgan fingerprint density at radius 2 is 1.96 bits per heavy atom. The van der Waals surface area contributed by atoms with Crippen molar-refractivity contribution in [1.29, 1.82) is 0 Å². The minimum Gasteiger partial charge on any atom is -0.497 e. The molecule has 1 amide bonds. The highest BCUT2D eigenvalue weighted by molar-refractivity contribution is 7.17. The number of amides is 1. The first-order valence-electron chi connectivity index (χ1n) is 8.21. The number of thiophene rings is 1. The molecule has 1 aromatic heterocycles. The molecule has 2 N–H and O–H groups in total. The van der Waals surface area contributed by atoms with Gasteiger partial charge in [-0.25, -0.2) is 0 Å². The van der Waals surface area contributed by atoms with Crippen molar-refractivity contribution < 1.29 is 14.6 Å². The zero-order chi connectivity index (χ0) is 17.6. The molecule has 1 unspecified atom stereocenters. The lowest BCUT2D eigenvalue weighted by atomic mass is 10.1. The minimum atomic E-state index is -0.693. The van der Waals surface area contributed by atoms with Crippen molar-refractivity contribution in [3.8, 4) is 5.75 Å². The van der Waals surface area contributed by atoms with Crippen molar-refractivity contribution in [1.82, 2.24) is 5.32 Å². The quantitative estimate of drug-likeness (QED) is 0.679. The average Bonchev–Trinajstić information content (AvgIpc) is 3.09. The summed E-state index contributed by atoms with van der Waals surface area (Å²) < 4.78 is 6.26. The number of aryl methyl sites for hydroxylation is 1. The van der Waals surface area contributed by atoms with E-state index in [1.807, 2.05) is 53.9 Å². The van der Waals surface area contributed by atoms with Gasteiger partial charge < -0.3 is 15.2 Å². The Labute approximate surface area is 151 Å². The van der Waals surface area contributed by atoms with Crippen LogP contribution in [0.2, 0.25) is 0 Å². The molecule has 1 atom stereocenters. The summed E-state index contributed by atoms with van der Waals surface area (Å²) in [5.41, 5.74) is 1.95. The molecule has 130 valence electrons. The highest BCUT2D eigenvalue weighted by atomic mass is 32.1. The lowest BCUT2D eigenvalue weighted by molar-refractivity contribution is -0.121. The molecule has 0 fully saturated rings. The van der Waals surface area contributed by atoms with Gasteiger partial charge in [0.25, 0.3) is 0 Å². The fourth-order valence-electron chi connectivity index (χ4n) is 2.72. The first-order chi connectivity index (χ1) is 12.2. The lowest BCUT2D eigenvalue weighted by Crippen LogP contribution is -2.28. The number of ether oxygens (including phenoxy) is 1. The van der Waals surface area contributed by atoms with Crippen molar-refractivity contribution >= 4 is 27.3 Å². The minimum absolute atomic E-state index is 0.0607. The van der Waals surface area contributed by atoms with E-state index in [2.05, 4.69) is 5.32 Å². The van der Waals surface area contributed by atoms with Crippen molar-refractivity contribution in [2.24, 2.45) is 0 Å². The maximum atomic E-state index is 12.0. The fraction of sp³-hybridized carbons (Fsp3) is 0.250. The van der Waals surface area contributed by atoms with E-state index in [1.165, 1.54) is 0 Å². The van der Waals surface area contributed by atoms with Gasteiger partial charge >= 0.3 is 0 Å². The molecule has 3 rings (SSSR count). The summed E-state index contributed by atoms with van der Waals surface area (Å²) in [5, 5.41) is 16.2. The van der Waals surface area contributed by atoms with Crippen LogP contribution >= 0.6 is 11.3 Å². The van der Waals surface area contributed by atoms with Crippen LogP contribution < -0.4 is 10.1 Å². The number of carbonyl (C=O) groups is 1. The van der Waals surface area contributed by atoms with Crippen LogP contribution in [0.3, 0.4) is 0 Å². The molecule has 2 aromatic carbocycles. The van der Waals surface area contributed by atoms with Crippen LogP contribution in [0.4, 0.5) is 0 Å². The highest BCUT2D eigenvalue weighted by Crippen LogP contribution is 2.29. The van der Waals surface area contributed by atoms with Crippen LogP contribution in [0.15, 0.2) is 53.9 Å². The third-order valence-electron chi connectivity index (χ3n) is 4.16. The van der Waals surface area contributed by atoms with E-state index in [0.717, 1.165) is 27.0 Å². The van der Waals surface area contributed by atoms with Crippen LogP contribution in [0.1, 0.15) is 23.7 Å². The molecule has 0 saturated carbocycles. The predicted molar refractivity (Wildman–Crippen MR) is 101 cm³/mol. The molecule has 0 spiro atoms. The molecule has 0 radical (unpaired) electrons. The predicted octanol–water partition coefficient (Wildman–Crippen LogP) is 3.69. The second-order valence-corrected chi connectivity index (χ2v) is 6.77. The van der Waals surface area contributed by atoms with Crippen LogP contribution in [0, 0.1) is 0 Å². The van der Waals surface area contributed by atoms with Gasteiger partial charge in [-0.2, -0.15) is 0 Å². The van der Waals surface area contributed by atoms with Crippen LogP contribution in [-0.2, 0) is 11.2 Å². The molecule has 25 heavy (non-hydrogen) atoms. The van der Waals surface area contributed by atoms with Crippen molar-refractivity contribution in [2.45, 2.75) is 18.9 Å². The van der Waals surface area contributed by atoms with Gasteiger partial charge in [0.05, 0.1) is 13.2 Å². The number of benzene rings is 2. The summed E-state index contributed by atoms with van der Waals surface area (Å²) in [6.07, 6.45) is 0.359. The van der Waals surface area contributed by atoms with E-state index in [9.17, 15) is 9.90 Å². The van der Waals surface area contributed by atoms with E-state index < -0.39 is 6.10 Å². The van der Waals surface area contributed by atoms with Crippen molar-refractivity contribution in [3.63, 3.8) is 0 Å². The molecule has 3 aromatic rings. The van der Waals surface area contributed by atoms with E-state index in [1.54, 1.807) is 18.4 Å². The number of rotatable bonds is 7. The number of hydrogen-bond acceptors (Lipinski definition) is 4. The summed E-state index contributed by atoms with van der Waals surface area (Å²) in [5.74, 6) is 0.744. The van der Waals surface area contributed by atoms with Gasteiger partial charge in [-0.1, -0.05) is 30.3 Å². The van der Waals surface area contributed by atoms with Gasteiger partial charge in [0, 0.05) is 23.2 Å². The summed E-state index contributed by atoms with van der Waals surface area (Å²) in [6, 6.07) is 15.7. The largest absolute Gasteiger partial charge is 0.497 e. The zero-order valence-corrected chi connectivity index (χ0v) is 14.9. The van der Waals surface area contributed by atoms with Crippen molar-refractivity contribution in [2.75, 3.05) is 13.7 Å². The molecule has 0 aliphatic carbocycles. The summed E-state index contributed by atoms with van der Waals surface area (Å²) in [7, 11) is 1.63. The molecule has 1 heterocycles. The van der Waals surface area contributed by atoms with Gasteiger partial charge in [-0.3, -0.25) is 4.79 Å². The van der Waals surface area contributed by atoms with E-state index >= 15 is 0 Å². The highest BCUT2D eigenvalue weighted by Gasteiger charge is 2.14. The Hall–Kier alpha value is -2.37. The molecule has 0 aliphatic heterocycles. The Morgan fingerprint density at radius 3 is 2.72 bits per heavy atom. The molecular weight excluding hydrogens is 334 g/mol. The fourth-order valence-corrected chi connectivity index (χ4v) is 3.72. The SMILES string of the molecule is COc1ccc(CCC(=O)NCC(O)c2csc3ccccc23)cc1. The monoisotopic (exact) mass is 355 g/mol. The van der Waals surface area contributed by atoms with E-state index in [4.69, 9.17) is 4.74 Å². The van der Waals surface area contributed by atoms with E-state index in [0.29, 0.717) is 12.8 Å². The normalized spacial score (nSPS) is 12.1. The lowest BCUT2D eigenvalue weighted by Gasteiger charge is -2.11. The number of aliphatic hydroxyl groups is 1. The Balaban J connectivity index is 1.49. The molecular formula is C20H21NO3S. The number of methoxy groups -OCH3 is 1. The number of fused-ring (bicyclic) bond motifs is 1. The summed E-state index contributed by atoms with van der Waals surface area (Å²) in [4.78, 5) is 12.0. The van der Waals surface area contributed by atoms with Crippen LogP contribution in [0.5, 0.6) is 5.75 Å². The first kappa shape index (κ1) is 17.5. The van der Waals surface area contributed by atoms with Gasteiger partial charge in [0.1, 0.15) is 5.75 Å². The molecule has 0 bridgehead atoms. The molecule has 0 aliphatic rings. The van der Waals surface area contributed by atoms with Crippen LogP contribution in [0.25, 0.3) is 10.1 Å². The molecule has 4 nitrogen and oxygen atoms in total. The standard InChI is InChI=1S/C20H21NO3S/c1-24-15-9-6-14(7-10-15)8-11-20(23)21-12-18(22)17-13-25-19-5-3-2-4-16(17)19/h2-7,9-10,13,18,22H,8,11-12H2,1H3,(H,21,23). The van der Waals surface area contributed by atoms with E-state index in [-0.39, 0.29) is 12.5 Å².